The van der Waals surface area contributed by atoms with E-state index in [9.17, 15) is 33.7 Å². The molecule has 0 bridgehead atoms. The van der Waals surface area contributed by atoms with E-state index in [2.05, 4.69) is 34.4 Å². The lowest BCUT2D eigenvalue weighted by molar-refractivity contribution is -0.343. The zero-order chi connectivity index (χ0) is 44.5. The highest BCUT2D eigenvalue weighted by Gasteiger charge is 2.54. The molecule has 9 atom stereocenters. The van der Waals surface area contributed by atoms with E-state index in [4.69, 9.17) is 38.8 Å². The van der Waals surface area contributed by atoms with Crippen LogP contribution in [0.15, 0.2) is 23.8 Å². The molecule has 4 aromatic rings. The Kier molecular flexibility index (Phi) is 12.6. The van der Waals surface area contributed by atoms with Crippen LogP contribution in [0.1, 0.15) is 54.0 Å². The summed E-state index contributed by atoms with van der Waals surface area (Å²) >= 11 is 0. The zero-order valence-corrected chi connectivity index (χ0v) is 38.5. The molecule has 334 valence electrons. The lowest BCUT2D eigenvalue weighted by Crippen LogP contribution is -2.50. The largest absolute Gasteiger partial charge is 0.790 e. The molecule has 2 aliphatic heterocycles. The number of ether oxygens (including phenoxy) is 2. The van der Waals surface area contributed by atoms with Crippen molar-refractivity contribution in [2.24, 2.45) is 0 Å². The highest BCUT2D eigenvalue weighted by molar-refractivity contribution is 7.45. The number of hydrogen-bond donors (Lipinski definition) is 4. The Balaban J connectivity index is 1.34. The molecule has 4 aromatic heterocycles. The molecule has 24 nitrogen and oxygen atoms in total. The molecule has 0 aromatic carbocycles. The number of aromatic amines is 1. The van der Waals surface area contributed by atoms with Crippen LogP contribution in [0, 0.1) is 0 Å². The molecule has 2 aliphatic rings. The summed E-state index contributed by atoms with van der Waals surface area (Å²) < 4.78 is 69.9. The van der Waals surface area contributed by atoms with E-state index in [-0.39, 0.29) is 39.1 Å². The first kappa shape index (κ1) is 46.5. The van der Waals surface area contributed by atoms with E-state index in [1.807, 2.05) is 67.7 Å². The smallest absolute Gasteiger partial charge is 0.280 e. The number of aliphatic hydroxyl groups excluding tert-OH is 1. The molecular weight excluding hydrogens is 867 g/mol. The van der Waals surface area contributed by atoms with Gasteiger partial charge in [0.05, 0.1) is 33.7 Å². The number of nitrogens with one attached hydrogen (secondary N) is 1. The van der Waals surface area contributed by atoms with Gasteiger partial charge in [-0.15, -0.1) is 0 Å². The highest BCUT2D eigenvalue weighted by Crippen LogP contribution is 2.50. The van der Waals surface area contributed by atoms with Gasteiger partial charge in [-0.1, -0.05) is 41.5 Å². The summed E-state index contributed by atoms with van der Waals surface area (Å²) in [5, 5.41) is 11.0. The molecule has 6 rings (SSSR count). The fraction of sp³-hybridized carbons (Fsp3) is 0.688. The van der Waals surface area contributed by atoms with Crippen molar-refractivity contribution < 1.29 is 60.8 Å². The van der Waals surface area contributed by atoms with Crippen LogP contribution in [-0.2, 0) is 41.0 Å². The van der Waals surface area contributed by atoms with Gasteiger partial charge in [-0.3, -0.25) is 23.5 Å². The molecule has 60 heavy (non-hydrogen) atoms. The van der Waals surface area contributed by atoms with E-state index in [0.717, 1.165) is 10.9 Å². The fourth-order valence-corrected chi connectivity index (χ4v) is 10.1. The second-order valence-corrected chi connectivity index (χ2v) is 29.7. The number of phosphoric ester groups is 2. The monoisotopic (exact) mass is 917 g/mol. The van der Waals surface area contributed by atoms with Gasteiger partial charge in [0.15, 0.2) is 51.7 Å². The van der Waals surface area contributed by atoms with Crippen molar-refractivity contribution in [3.05, 3.63) is 29.3 Å². The summed E-state index contributed by atoms with van der Waals surface area (Å²) in [6.07, 6.45) is -7.34. The Hall–Kier alpha value is -3.05. The first-order valence-electron chi connectivity index (χ1n) is 18.8. The van der Waals surface area contributed by atoms with Gasteiger partial charge in [-0.05, 0) is 36.3 Å². The summed E-state index contributed by atoms with van der Waals surface area (Å²) in [6.45, 7) is 17.7. The molecule has 0 aliphatic carbocycles. The topological polar surface area (TPSA) is 347 Å². The standard InChI is InChI=1S/C32H54N10O14P2Si2/c1-31(2,3)59(7,8)55-21-17(12-50-57(45,46)47)53-29(42-15-38-19-26(42)39-30(34)40-27(19)44)23(21)54-58(48,49)51-11-16-20(43)22(56-60(9,10)32(4,5)6)28(52-16)41-14-37-18-24(33)35-13-36-25(18)41/h13-17,20-23,28-29,43H,11-12H2,1-10H3,(H,48,49)(H2,33,35,36)(H2,45,46,47)(H3,34,39,40,44)/p-3/t16-,17-,20?,21?,22?,23?,28-,29-/m1/s1. The van der Waals surface area contributed by atoms with Crippen LogP contribution in [0.2, 0.25) is 36.3 Å². The number of phosphoric acid groups is 2. The number of nitrogens with zero attached hydrogens (tertiary/aromatic N) is 7. The van der Waals surface area contributed by atoms with Gasteiger partial charge in [0, 0.05) is 0 Å². The average molecular weight is 918 g/mol. The van der Waals surface area contributed by atoms with E-state index in [1.165, 1.54) is 17.2 Å². The molecule has 2 saturated heterocycles. The number of aromatic nitrogens is 8. The minimum atomic E-state index is -5.58. The predicted octanol–water partition coefficient (Wildman–Crippen LogP) is 0.776. The van der Waals surface area contributed by atoms with Gasteiger partial charge in [0.2, 0.25) is 5.95 Å². The zero-order valence-electron chi connectivity index (χ0n) is 34.7. The van der Waals surface area contributed by atoms with Crippen molar-refractivity contribution in [3.8, 4) is 0 Å². The van der Waals surface area contributed by atoms with Crippen molar-refractivity contribution in [2.45, 2.75) is 127 Å². The molecule has 6 N–H and O–H groups in total. The quantitative estimate of drug-likeness (QED) is 0.100. The number of fused-ring (bicyclic) bond motifs is 2. The van der Waals surface area contributed by atoms with Crippen LogP contribution >= 0.6 is 15.6 Å². The molecule has 0 spiro atoms. The van der Waals surface area contributed by atoms with Gasteiger partial charge >= 0.3 is 0 Å². The van der Waals surface area contributed by atoms with Crippen molar-refractivity contribution in [1.29, 1.82) is 0 Å². The van der Waals surface area contributed by atoms with Crippen LogP contribution in [0.4, 0.5) is 11.8 Å². The van der Waals surface area contributed by atoms with Gasteiger partial charge in [0.25, 0.3) is 13.4 Å². The van der Waals surface area contributed by atoms with E-state index in [1.54, 1.807) is 0 Å². The van der Waals surface area contributed by atoms with Crippen LogP contribution in [0.25, 0.3) is 22.3 Å². The number of nitrogens with two attached hydrogens (primary N) is 2. The summed E-state index contributed by atoms with van der Waals surface area (Å²) in [6, 6.07) is 0. The van der Waals surface area contributed by atoms with Gasteiger partial charge in [-0.2, -0.15) is 4.98 Å². The highest BCUT2D eigenvalue weighted by atomic mass is 31.2. The third kappa shape index (κ3) is 9.47. The SMILES string of the molecule is CC(C)(C)[Si](C)(C)OC1C(O)[C@@H](COP(=O)([O-])OC2C(O[Si](C)(C)C(C)(C)C)[C@@H](COP(=O)([O-])[O-])O[C@H]2n2cnc3c(=O)[nH]c(N)nc32)O[C@H]1n1cnc2c(N)ncnc21. The normalized spacial score (nSPS) is 27.0. The van der Waals surface area contributed by atoms with Crippen molar-refractivity contribution in [2.75, 3.05) is 24.7 Å². The third-order valence-corrected chi connectivity index (χ3v) is 21.9. The van der Waals surface area contributed by atoms with Crippen LogP contribution in [-0.4, -0.2) is 111 Å². The fourth-order valence-electron chi connectivity index (χ4n) is 6.26. The lowest BCUT2D eigenvalue weighted by atomic mass is 10.1. The number of aliphatic hydroxyl groups is 1. The van der Waals surface area contributed by atoms with Gasteiger partial charge in [0.1, 0.15) is 48.5 Å². The van der Waals surface area contributed by atoms with Gasteiger partial charge in [-0.25, -0.2) is 19.9 Å². The summed E-state index contributed by atoms with van der Waals surface area (Å²) in [7, 11) is -16.6. The van der Waals surface area contributed by atoms with E-state index in [0.29, 0.717) is 0 Å². The van der Waals surface area contributed by atoms with Crippen LogP contribution < -0.4 is 31.7 Å². The first-order valence-corrected chi connectivity index (χ1v) is 27.5. The van der Waals surface area contributed by atoms with Crippen molar-refractivity contribution in [3.63, 3.8) is 0 Å². The number of hydrogen-bond acceptors (Lipinski definition) is 21. The van der Waals surface area contributed by atoms with Crippen LogP contribution in [0.5, 0.6) is 0 Å². The minimum absolute atomic E-state index is 0.104. The molecule has 0 radical (unpaired) electrons. The predicted molar refractivity (Wildman–Crippen MR) is 212 cm³/mol. The Morgan fingerprint density at radius 2 is 1.33 bits per heavy atom. The first-order chi connectivity index (χ1) is 27.5. The summed E-state index contributed by atoms with van der Waals surface area (Å²) in [4.78, 5) is 73.2. The second-order valence-electron chi connectivity index (χ2n) is 17.7. The Morgan fingerprint density at radius 3 is 1.93 bits per heavy atom. The number of H-pyrrole nitrogens is 1. The Labute approximate surface area is 346 Å². The molecule has 0 amide bonds. The Morgan fingerprint density at radius 1 is 0.800 bits per heavy atom. The molecule has 28 heteroatoms. The lowest BCUT2D eigenvalue weighted by Gasteiger charge is -2.41. The number of rotatable bonds is 14. The van der Waals surface area contributed by atoms with Crippen molar-refractivity contribution in [1.82, 2.24) is 39.0 Å². The third-order valence-electron chi connectivity index (χ3n) is 11.5. The molecule has 5 unspecified atom stereocenters. The number of imidazole rings is 2. The van der Waals surface area contributed by atoms with Gasteiger partial charge < -0.3 is 67.7 Å². The average Bonchev–Trinajstić information content (AvgIpc) is 3.86. The van der Waals surface area contributed by atoms with Crippen LogP contribution in [0.3, 0.4) is 0 Å². The maximum absolute atomic E-state index is 14.0. The maximum atomic E-state index is 14.0. The summed E-state index contributed by atoms with van der Waals surface area (Å²) in [5.74, 6) is -0.203. The van der Waals surface area contributed by atoms with E-state index < -0.39 is 105 Å². The number of anilines is 2. The number of nitrogen functional groups attached to an aromatic ring is 2. The molecule has 6 heterocycles. The second kappa shape index (κ2) is 16.3. The maximum Gasteiger partial charge on any atom is 0.280 e. The molecule has 2 fully saturated rings. The molecule has 0 saturated carbocycles. The summed E-state index contributed by atoms with van der Waals surface area (Å²) in [5.41, 5.74) is 11.3. The van der Waals surface area contributed by atoms with E-state index >= 15 is 0 Å². The molecular formula is C32H51N10O14P2Si2-3. The Bertz CT molecular complexity index is 2360. The van der Waals surface area contributed by atoms with Crippen molar-refractivity contribution >= 4 is 66.4 Å². The minimum Gasteiger partial charge on any atom is -0.790 e.